The number of sulfonamides is 1. The van der Waals surface area contributed by atoms with Crippen LogP contribution in [0.3, 0.4) is 0 Å². The van der Waals surface area contributed by atoms with Gasteiger partial charge in [-0.2, -0.15) is 0 Å². The zero-order valence-corrected chi connectivity index (χ0v) is 12.3. The molecule has 4 N–H and O–H groups in total. The van der Waals surface area contributed by atoms with Crippen LogP contribution >= 0.6 is 22.6 Å². The number of rotatable bonds is 2. The number of halogens is 1. The molecule has 1 unspecified atom stereocenters. The van der Waals surface area contributed by atoms with Gasteiger partial charge in [0, 0.05) is 16.5 Å². The van der Waals surface area contributed by atoms with Gasteiger partial charge in [0.1, 0.15) is 5.25 Å². The molecule has 0 spiro atoms. The maximum Gasteiger partial charge on any atom is 0.228 e. The van der Waals surface area contributed by atoms with E-state index < -0.39 is 15.3 Å². The van der Waals surface area contributed by atoms with E-state index in [1.807, 2.05) is 6.07 Å². The highest BCUT2D eigenvalue weighted by Crippen LogP contribution is 2.30. The number of anilines is 2. The van der Waals surface area contributed by atoms with Crippen LogP contribution in [0.5, 0.6) is 0 Å². The lowest BCUT2D eigenvalue weighted by atomic mass is 10.2. The Kier molecular flexibility index (Phi) is 3.52. The fraction of sp³-hybridized carbons (Fsp3) is 0.300. The molecule has 18 heavy (non-hydrogen) atoms. The second kappa shape index (κ2) is 4.67. The average Bonchev–Trinajstić information content (AvgIpc) is 2.60. The number of hydrogen-bond acceptors (Lipinski definition) is 4. The Morgan fingerprint density at radius 2 is 2.06 bits per heavy atom. The second-order valence-electron chi connectivity index (χ2n) is 4.12. The highest BCUT2D eigenvalue weighted by molar-refractivity contribution is 14.1. The number of carbonyl (C=O) groups is 1. The third-order valence-corrected chi connectivity index (χ3v) is 4.75. The minimum atomic E-state index is -3.70. The first-order valence-electron chi connectivity index (χ1n) is 5.16. The van der Waals surface area contributed by atoms with Crippen molar-refractivity contribution in [2.45, 2.75) is 11.7 Å². The number of amides is 1. The molecule has 6 nitrogen and oxygen atoms in total. The minimum Gasteiger partial charge on any atom is -0.397 e. The molecule has 0 aliphatic carbocycles. The molecule has 1 saturated heterocycles. The number of nitrogens with two attached hydrogens (primary N) is 2. The van der Waals surface area contributed by atoms with E-state index >= 15 is 0 Å². The summed E-state index contributed by atoms with van der Waals surface area (Å²) in [6.45, 7) is 0.0580. The van der Waals surface area contributed by atoms with Gasteiger partial charge in [-0.25, -0.2) is 13.6 Å². The summed E-state index contributed by atoms with van der Waals surface area (Å²) >= 11 is 2.11. The number of hydrogen-bond donors (Lipinski definition) is 2. The first-order valence-corrected chi connectivity index (χ1v) is 7.85. The zero-order chi connectivity index (χ0) is 13.5. The zero-order valence-electron chi connectivity index (χ0n) is 9.34. The van der Waals surface area contributed by atoms with Gasteiger partial charge in [0.15, 0.2) is 0 Å². The fourth-order valence-electron chi connectivity index (χ4n) is 1.90. The maximum atomic E-state index is 11.8. The van der Waals surface area contributed by atoms with E-state index in [9.17, 15) is 13.2 Å². The Morgan fingerprint density at radius 1 is 1.39 bits per heavy atom. The van der Waals surface area contributed by atoms with Gasteiger partial charge in [0.05, 0.1) is 11.4 Å². The third-order valence-electron chi connectivity index (χ3n) is 2.83. The van der Waals surface area contributed by atoms with Crippen molar-refractivity contribution < 1.29 is 13.2 Å². The Morgan fingerprint density at radius 3 is 2.56 bits per heavy atom. The monoisotopic (exact) mass is 381 g/mol. The van der Waals surface area contributed by atoms with Gasteiger partial charge in [-0.1, -0.05) is 0 Å². The van der Waals surface area contributed by atoms with Crippen molar-refractivity contribution in [1.82, 2.24) is 0 Å². The number of nitrogens with zero attached hydrogens (tertiary/aromatic N) is 1. The van der Waals surface area contributed by atoms with Gasteiger partial charge in [-0.3, -0.25) is 4.79 Å². The van der Waals surface area contributed by atoms with Gasteiger partial charge in [-0.05, 0) is 40.8 Å². The number of primary sulfonamides is 1. The van der Waals surface area contributed by atoms with E-state index in [1.54, 1.807) is 12.1 Å². The normalized spacial score (nSPS) is 20.4. The summed E-state index contributed by atoms with van der Waals surface area (Å²) in [4.78, 5) is 13.2. The van der Waals surface area contributed by atoms with Crippen molar-refractivity contribution in [3.05, 3.63) is 21.8 Å². The first kappa shape index (κ1) is 13.6. The van der Waals surface area contributed by atoms with Crippen LogP contribution in [0.25, 0.3) is 0 Å². The van der Waals surface area contributed by atoms with E-state index in [1.165, 1.54) is 4.90 Å². The average molecular weight is 381 g/mol. The summed E-state index contributed by atoms with van der Waals surface area (Å²) in [6.07, 6.45) is -0.0930. The molecular weight excluding hydrogens is 369 g/mol. The highest BCUT2D eigenvalue weighted by atomic mass is 127. The van der Waals surface area contributed by atoms with Crippen LogP contribution in [0.2, 0.25) is 0 Å². The molecule has 1 heterocycles. The molecule has 0 radical (unpaired) electrons. The van der Waals surface area contributed by atoms with E-state index in [4.69, 9.17) is 10.9 Å². The standard InChI is InChI=1S/C10H12IN3O3S/c11-6-1-2-9(8(12)3-6)14-5-7(4-10(14)15)18(13,16)17/h1-3,7H,4-5,12H2,(H2,13,16,17). The summed E-state index contributed by atoms with van der Waals surface area (Å²) in [5.41, 5.74) is 6.82. The van der Waals surface area contributed by atoms with Crippen LogP contribution in [0, 0.1) is 3.57 Å². The molecule has 1 aromatic carbocycles. The number of benzene rings is 1. The van der Waals surface area contributed by atoms with Crippen LogP contribution in [0.4, 0.5) is 11.4 Å². The van der Waals surface area contributed by atoms with Crippen molar-refractivity contribution in [3.63, 3.8) is 0 Å². The Hall–Kier alpha value is -0.870. The smallest absolute Gasteiger partial charge is 0.228 e. The molecule has 8 heteroatoms. The predicted molar refractivity (Wildman–Crippen MR) is 77.4 cm³/mol. The number of carbonyl (C=O) groups excluding carboxylic acids is 1. The molecule has 1 fully saturated rings. The quantitative estimate of drug-likeness (QED) is 0.567. The summed E-state index contributed by atoms with van der Waals surface area (Å²) in [5, 5.41) is 4.21. The van der Waals surface area contributed by atoms with Crippen molar-refractivity contribution >= 4 is 49.9 Å². The topological polar surface area (TPSA) is 106 Å². The van der Waals surface area contributed by atoms with Crippen LogP contribution in [0.1, 0.15) is 6.42 Å². The third kappa shape index (κ3) is 2.59. The van der Waals surface area contributed by atoms with Crippen molar-refractivity contribution in [3.8, 4) is 0 Å². The Bertz CT molecular complexity index is 602. The molecule has 2 rings (SSSR count). The molecule has 98 valence electrons. The molecule has 1 aromatic rings. The van der Waals surface area contributed by atoms with Crippen LogP contribution in [-0.4, -0.2) is 26.1 Å². The second-order valence-corrected chi connectivity index (χ2v) is 7.21. The molecule has 1 atom stereocenters. The van der Waals surface area contributed by atoms with Crippen molar-refractivity contribution in [2.24, 2.45) is 5.14 Å². The Balaban J connectivity index is 2.33. The van der Waals surface area contributed by atoms with Crippen LogP contribution in [0.15, 0.2) is 18.2 Å². The van der Waals surface area contributed by atoms with E-state index in [0.717, 1.165) is 3.57 Å². The van der Waals surface area contributed by atoms with Crippen LogP contribution < -0.4 is 15.8 Å². The van der Waals surface area contributed by atoms with E-state index in [2.05, 4.69) is 22.6 Å². The summed E-state index contributed by atoms with van der Waals surface area (Å²) in [5.74, 6) is -0.276. The van der Waals surface area contributed by atoms with Gasteiger partial charge < -0.3 is 10.6 Å². The molecule has 1 aliphatic rings. The fourth-order valence-corrected chi connectivity index (χ4v) is 3.15. The molecular formula is C10H12IN3O3S. The van der Waals surface area contributed by atoms with E-state index in [0.29, 0.717) is 11.4 Å². The van der Waals surface area contributed by atoms with Gasteiger partial charge in [0.25, 0.3) is 0 Å². The largest absolute Gasteiger partial charge is 0.397 e. The van der Waals surface area contributed by atoms with Crippen molar-refractivity contribution in [1.29, 1.82) is 0 Å². The SMILES string of the molecule is Nc1cc(I)ccc1N1CC(S(N)(=O)=O)CC1=O. The maximum absolute atomic E-state index is 11.8. The Labute approximate surface area is 119 Å². The molecule has 0 aromatic heterocycles. The van der Waals surface area contributed by atoms with Crippen LogP contribution in [-0.2, 0) is 14.8 Å². The van der Waals surface area contributed by atoms with Crippen molar-refractivity contribution in [2.75, 3.05) is 17.2 Å². The summed E-state index contributed by atoms with van der Waals surface area (Å²) in [7, 11) is -3.70. The predicted octanol–water partition coefficient (Wildman–Crippen LogP) is 0.267. The summed E-state index contributed by atoms with van der Waals surface area (Å²) in [6, 6.07) is 5.25. The lowest BCUT2D eigenvalue weighted by Gasteiger charge is -2.18. The lowest BCUT2D eigenvalue weighted by molar-refractivity contribution is -0.117. The minimum absolute atomic E-state index is 0.0580. The van der Waals surface area contributed by atoms with Gasteiger partial charge in [-0.15, -0.1) is 0 Å². The molecule has 0 bridgehead atoms. The highest BCUT2D eigenvalue weighted by Gasteiger charge is 2.37. The number of nitrogen functional groups attached to an aromatic ring is 1. The van der Waals surface area contributed by atoms with Gasteiger partial charge in [0.2, 0.25) is 15.9 Å². The molecule has 1 aliphatic heterocycles. The molecule has 1 amide bonds. The summed E-state index contributed by atoms with van der Waals surface area (Å²) < 4.78 is 23.5. The first-order chi connectivity index (χ1) is 8.29. The lowest BCUT2D eigenvalue weighted by Crippen LogP contribution is -2.32. The molecule has 0 saturated carbocycles. The van der Waals surface area contributed by atoms with E-state index in [-0.39, 0.29) is 18.9 Å². The van der Waals surface area contributed by atoms with Gasteiger partial charge >= 0.3 is 0 Å².